The van der Waals surface area contributed by atoms with Gasteiger partial charge in [0, 0.05) is 11.8 Å². The maximum Gasteiger partial charge on any atom is 0.267 e. The SMILES string of the molecule is Cc1ccc(-c2ccc(-c3cnnc(S(C)(=O)=O)n3)cc2)cc1. The van der Waals surface area contributed by atoms with E-state index in [0.29, 0.717) is 5.69 Å². The second-order valence-electron chi connectivity index (χ2n) is 5.34. The Kier molecular flexibility index (Phi) is 3.92. The predicted octanol–water partition coefficient (Wildman–Crippen LogP) is 2.92. The maximum absolute atomic E-state index is 11.5. The summed E-state index contributed by atoms with van der Waals surface area (Å²) in [5.74, 6) is 0. The van der Waals surface area contributed by atoms with Crippen LogP contribution in [0.2, 0.25) is 0 Å². The van der Waals surface area contributed by atoms with Crippen molar-refractivity contribution in [3.63, 3.8) is 0 Å². The number of benzene rings is 2. The summed E-state index contributed by atoms with van der Waals surface area (Å²) in [6.45, 7) is 2.05. The second-order valence-corrected chi connectivity index (χ2v) is 7.25. The molecule has 6 heteroatoms. The number of nitrogens with zero attached hydrogens (tertiary/aromatic N) is 3. The Morgan fingerprint density at radius 2 is 1.35 bits per heavy atom. The van der Waals surface area contributed by atoms with Gasteiger partial charge in [-0.1, -0.05) is 54.1 Å². The zero-order chi connectivity index (χ0) is 16.4. The van der Waals surface area contributed by atoms with E-state index >= 15 is 0 Å². The number of hydrogen-bond acceptors (Lipinski definition) is 5. The summed E-state index contributed by atoms with van der Waals surface area (Å²) in [7, 11) is -3.47. The Bertz CT molecular complexity index is 934. The third-order valence-corrected chi connectivity index (χ3v) is 4.27. The molecule has 3 rings (SSSR count). The fourth-order valence-electron chi connectivity index (χ4n) is 2.16. The molecule has 0 amide bonds. The highest BCUT2D eigenvalue weighted by molar-refractivity contribution is 7.90. The first-order chi connectivity index (χ1) is 10.9. The van der Waals surface area contributed by atoms with Crippen LogP contribution in [0.4, 0.5) is 0 Å². The molecule has 0 bridgehead atoms. The minimum atomic E-state index is -3.47. The molecule has 5 nitrogen and oxygen atoms in total. The molecule has 0 aliphatic rings. The van der Waals surface area contributed by atoms with Gasteiger partial charge in [-0.05, 0) is 18.1 Å². The first kappa shape index (κ1) is 15.3. The molecule has 0 aliphatic heterocycles. The van der Waals surface area contributed by atoms with Crippen LogP contribution in [0.15, 0.2) is 59.9 Å². The van der Waals surface area contributed by atoms with Gasteiger partial charge in [-0.3, -0.25) is 0 Å². The molecule has 23 heavy (non-hydrogen) atoms. The summed E-state index contributed by atoms with van der Waals surface area (Å²) < 4.78 is 23.0. The molecule has 0 unspecified atom stereocenters. The van der Waals surface area contributed by atoms with E-state index in [-0.39, 0.29) is 5.16 Å². The average Bonchev–Trinajstić information content (AvgIpc) is 2.55. The van der Waals surface area contributed by atoms with Crippen molar-refractivity contribution in [3.8, 4) is 22.4 Å². The van der Waals surface area contributed by atoms with Crippen LogP contribution < -0.4 is 0 Å². The van der Waals surface area contributed by atoms with E-state index in [1.807, 2.05) is 31.2 Å². The molecule has 116 valence electrons. The average molecular weight is 325 g/mol. The number of aryl methyl sites for hydroxylation is 1. The van der Waals surface area contributed by atoms with Gasteiger partial charge in [0.25, 0.3) is 5.16 Å². The first-order valence-corrected chi connectivity index (χ1v) is 8.90. The third kappa shape index (κ3) is 3.43. The fraction of sp³-hybridized carbons (Fsp3) is 0.118. The van der Waals surface area contributed by atoms with Crippen molar-refractivity contribution < 1.29 is 8.42 Å². The number of hydrogen-bond donors (Lipinski definition) is 0. The van der Waals surface area contributed by atoms with Crippen molar-refractivity contribution in [2.24, 2.45) is 0 Å². The van der Waals surface area contributed by atoms with Crippen molar-refractivity contribution >= 4 is 9.84 Å². The van der Waals surface area contributed by atoms with E-state index in [9.17, 15) is 8.42 Å². The van der Waals surface area contributed by atoms with Crippen molar-refractivity contribution in [1.82, 2.24) is 15.2 Å². The number of aromatic nitrogens is 3. The van der Waals surface area contributed by atoms with Crippen molar-refractivity contribution in [2.75, 3.05) is 6.26 Å². The zero-order valence-electron chi connectivity index (χ0n) is 12.8. The molecule has 0 spiro atoms. The normalized spacial score (nSPS) is 11.4. The first-order valence-electron chi connectivity index (χ1n) is 7.01. The summed E-state index contributed by atoms with van der Waals surface area (Å²) in [4.78, 5) is 4.07. The van der Waals surface area contributed by atoms with Crippen LogP contribution in [0.25, 0.3) is 22.4 Å². The Hall–Kier alpha value is -2.60. The summed E-state index contributed by atoms with van der Waals surface area (Å²) in [5, 5.41) is 7.02. The standard InChI is InChI=1S/C17H15N3O2S/c1-12-3-5-13(6-4-12)14-7-9-15(10-8-14)16-11-18-20-17(19-16)23(2,21)22/h3-11H,1-2H3. The minimum Gasteiger partial charge on any atom is -0.221 e. The lowest BCUT2D eigenvalue weighted by Gasteiger charge is -2.05. The van der Waals surface area contributed by atoms with Gasteiger partial charge < -0.3 is 0 Å². The molecule has 0 radical (unpaired) electrons. The van der Waals surface area contributed by atoms with Gasteiger partial charge in [-0.2, -0.15) is 5.10 Å². The maximum atomic E-state index is 11.5. The molecule has 0 atom stereocenters. The van der Waals surface area contributed by atoms with Crippen LogP contribution >= 0.6 is 0 Å². The van der Waals surface area contributed by atoms with Gasteiger partial charge >= 0.3 is 0 Å². The Labute approximate surface area is 135 Å². The fourth-order valence-corrected chi connectivity index (χ4v) is 2.62. The van der Waals surface area contributed by atoms with E-state index in [4.69, 9.17) is 0 Å². The molecule has 1 aromatic heterocycles. The van der Waals surface area contributed by atoms with Crippen molar-refractivity contribution in [3.05, 3.63) is 60.3 Å². The van der Waals surface area contributed by atoms with E-state index in [1.54, 1.807) is 0 Å². The third-order valence-electron chi connectivity index (χ3n) is 3.44. The molecule has 0 saturated heterocycles. The Balaban J connectivity index is 1.95. The molecule has 0 aliphatic carbocycles. The van der Waals surface area contributed by atoms with Crippen LogP contribution in [-0.2, 0) is 9.84 Å². The topological polar surface area (TPSA) is 72.8 Å². The molecule has 2 aromatic carbocycles. The highest BCUT2D eigenvalue weighted by Crippen LogP contribution is 2.24. The van der Waals surface area contributed by atoms with Gasteiger partial charge in [0.2, 0.25) is 9.84 Å². The van der Waals surface area contributed by atoms with Gasteiger partial charge in [0.05, 0.1) is 11.9 Å². The van der Waals surface area contributed by atoms with Crippen LogP contribution in [-0.4, -0.2) is 29.9 Å². The monoisotopic (exact) mass is 325 g/mol. The molecule has 0 N–H and O–H groups in total. The quantitative estimate of drug-likeness (QED) is 0.740. The van der Waals surface area contributed by atoms with E-state index in [1.165, 1.54) is 11.8 Å². The van der Waals surface area contributed by atoms with Crippen LogP contribution in [0.1, 0.15) is 5.56 Å². The molecule has 0 saturated carbocycles. The minimum absolute atomic E-state index is 0.266. The van der Waals surface area contributed by atoms with Gasteiger partial charge in [-0.25, -0.2) is 13.4 Å². The van der Waals surface area contributed by atoms with Gasteiger partial charge in [-0.15, -0.1) is 5.10 Å². The lowest BCUT2D eigenvalue weighted by Crippen LogP contribution is -2.06. The smallest absolute Gasteiger partial charge is 0.221 e. The van der Waals surface area contributed by atoms with Crippen molar-refractivity contribution in [1.29, 1.82) is 0 Å². The largest absolute Gasteiger partial charge is 0.267 e. The zero-order valence-corrected chi connectivity index (χ0v) is 13.6. The Morgan fingerprint density at radius 3 is 1.91 bits per heavy atom. The lowest BCUT2D eigenvalue weighted by atomic mass is 10.0. The summed E-state index contributed by atoms with van der Waals surface area (Å²) >= 11 is 0. The highest BCUT2D eigenvalue weighted by atomic mass is 32.2. The Morgan fingerprint density at radius 1 is 0.826 bits per heavy atom. The van der Waals surface area contributed by atoms with Gasteiger partial charge in [0.1, 0.15) is 0 Å². The number of rotatable bonds is 3. The molecule has 3 aromatic rings. The summed E-state index contributed by atoms with van der Waals surface area (Å²) in [5.41, 5.74) is 4.70. The molecular formula is C17H15N3O2S. The molecule has 1 heterocycles. The number of sulfone groups is 1. The van der Waals surface area contributed by atoms with Crippen LogP contribution in [0, 0.1) is 6.92 Å². The van der Waals surface area contributed by atoms with E-state index in [2.05, 4.69) is 39.4 Å². The van der Waals surface area contributed by atoms with Crippen LogP contribution in [0.5, 0.6) is 0 Å². The van der Waals surface area contributed by atoms with Crippen LogP contribution in [0.3, 0.4) is 0 Å². The van der Waals surface area contributed by atoms with Gasteiger partial charge in [0.15, 0.2) is 0 Å². The summed E-state index contributed by atoms with van der Waals surface area (Å²) in [6.07, 6.45) is 2.52. The van der Waals surface area contributed by atoms with Crippen molar-refractivity contribution in [2.45, 2.75) is 12.1 Å². The molecular weight excluding hydrogens is 310 g/mol. The van der Waals surface area contributed by atoms with E-state index in [0.717, 1.165) is 22.9 Å². The lowest BCUT2D eigenvalue weighted by molar-refractivity contribution is 0.589. The second kappa shape index (κ2) is 5.89. The summed E-state index contributed by atoms with van der Waals surface area (Å²) in [6, 6.07) is 16.0. The van der Waals surface area contributed by atoms with E-state index < -0.39 is 9.84 Å². The predicted molar refractivity (Wildman–Crippen MR) is 88.5 cm³/mol. The molecule has 0 fully saturated rings. The highest BCUT2D eigenvalue weighted by Gasteiger charge is 2.13.